The minimum Gasteiger partial charge on any atom is -0.497 e. The number of hydrogen-bond acceptors (Lipinski definition) is 2. The van der Waals surface area contributed by atoms with E-state index in [0.29, 0.717) is 10.9 Å². The molecule has 2 nitrogen and oxygen atoms in total. The molecule has 0 amide bonds. The van der Waals surface area contributed by atoms with Gasteiger partial charge in [0, 0.05) is 17.5 Å². The second-order valence-electron chi connectivity index (χ2n) is 4.32. The van der Waals surface area contributed by atoms with Gasteiger partial charge >= 0.3 is 0 Å². The molecule has 1 saturated heterocycles. The topological polar surface area (TPSA) is 18.5 Å². The van der Waals surface area contributed by atoms with Crippen LogP contribution < -0.4 is 4.74 Å². The van der Waals surface area contributed by atoms with Crippen molar-refractivity contribution in [2.45, 2.75) is 24.8 Å². The Morgan fingerprint density at radius 1 is 1.47 bits per heavy atom. The summed E-state index contributed by atoms with van der Waals surface area (Å²) < 4.78 is 10.7. The molecule has 4 heteroatoms. The van der Waals surface area contributed by atoms with Crippen molar-refractivity contribution in [3.63, 3.8) is 0 Å². The number of ether oxygens (including phenoxy) is 2. The van der Waals surface area contributed by atoms with Crippen LogP contribution in [0.5, 0.6) is 5.75 Å². The Morgan fingerprint density at radius 3 is 2.76 bits per heavy atom. The Morgan fingerprint density at radius 2 is 2.24 bits per heavy atom. The first-order valence-corrected chi connectivity index (χ1v) is 6.54. The molecule has 1 aromatic carbocycles. The lowest BCUT2D eigenvalue weighted by molar-refractivity contribution is 0.105. The van der Waals surface area contributed by atoms with Crippen LogP contribution in [0.1, 0.15) is 24.3 Å². The van der Waals surface area contributed by atoms with E-state index in [1.54, 1.807) is 13.2 Å². The van der Waals surface area contributed by atoms with Crippen LogP contribution in [0.25, 0.3) is 0 Å². The van der Waals surface area contributed by atoms with Crippen LogP contribution in [0.4, 0.5) is 0 Å². The van der Waals surface area contributed by atoms with Crippen LogP contribution >= 0.6 is 23.2 Å². The SMILES string of the molecule is COc1ccc(C(Cl)C2CCOC2C)c(Cl)c1. The predicted octanol–water partition coefficient (Wildman–Crippen LogP) is 4.05. The second-order valence-corrected chi connectivity index (χ2v) is 5.20. The average Bonchev–Trinajstić information content (AvgIpc) is 2.74. The average molecular weight is 275 g/mol. The van der Waals surface area contributed by atoms with Crippen molar-refractivity contribution < 1.29 is 9.47 Å². The van der Waals surface area contributed by atoms with E-state index >= 15 is 0 Å². The van der Waals surface area contributed by atoms with Crippen molar-refractivity contribution in [3.8, 4) is 5.75 Å². The zero-order valence-electron chi connectivity index (χ0n) is 9.95. The first kappa shape index (κ1) is 13.0. The third-order valence-electron chi connectivity index (χ3n) is 3.32. The maximum Gasteiger partial charge on any atom is 0.120 e. The van der Waals surface area contributed by atoms with Crippen LogP contribution in [0.15, 0.2) is 18.2 Å². The van der Waals surface area contributed by atoms with E-state index in [-0.39, 0.29) is 11.5 Å². The van der Waals surface area contributed by atoms with Crippen LogP contribution in [0.3, 0.4) is 0 Å². The van der Waals surface area contributed by atoms with E-state index in [9.17, 15) is 0 Å². The molecule has 0 aliphatic carbocycles. The lowest BCUT2D eigenvalue weighted by atomic mass is 9.93. The number of hydrogen-bond donors (Lipinski definition) is 0. The molecule has 1 heterocycles. The Labute approximate surface area is 112 Å². The number of halogens is 2. The van der Waals surface area contributed by atoms with Gasteiger partial charge in [0.05, 0.1) is 18.6 Å². The minimum atomic E-state index is -0.106. The minimum absolute atomic E-state index is 0.106. The van der Waals surface area contributed by atoms with Crippen molar-refractivity contribution in [2.24, 2.45) is 5.92 Å². The molecule has 1 aliphatic heterocycles. The van der Waals surface area contributed by atoms with Gasteiger partial charge in [-0.2, -0.15) is 0 Å². The zero-order chi connectivity index (χ0) is 12.4. The molecule has 0 N–H and O–H groups in total. The van der Waals surface area contributed by atoms with Gasteiger partial charge in [-0.25, -0.2) is 0 Å². The molecule has 0 aromatic heterocycles. The normalized spacial score (nSPS) is 25.9. The number of methoxy groups -OCH3 is 1. The van der Waals surface area contributed by atoms with Crippen molar-refractivity contribution >= 4 is 23.2 Å². The van der Waals surface area contributed by atoms with Crippen molar-refractivity contribution in [2.75, 3.05) is 13.7 Å². The van der Waals surface area contributed by atoms with Gasteiger partial charge in [-0.3, -0.25) is 0 Å². The van der Waals surface area contributed by atoms with Gasteiger partial charge in [0.1, 0.15) is 5.75 Å². The lowest BCUT2D eigenvalue weighted by Gasteiger charge is -2.21. The van der Waals surface area contributed by atoms with Gasteiger partial charge < -0.3 is 9.47 Å². The summed E-state index contributed by atoms with van der Waals surface area (Å²) in [5.41, 5.74) is 0.955. The molecular weight excluding hydrogens is 259 g/mol. The van der Waals surface area contributed by atoms with Crippen molar-refractivity contribution in [1.82, 2.24) is 0 Å². The molecule has 2 rings (SSSR count). The molecule has 17 heavy (non-hydrogen) atoms. The summed E-state index contributed by atoms with van der Waals surface area (Å²) in [7, 11) is 1.62. The fourth-order valence-electron chi connectivity index (χ4n) is 2.22. The molecule has 1 aliphatic rings. The van der Waals surface area contributed by atoms with Crippen molar-refractivity contribution in [3.05, 3.63) is 28.8 Å². The smallest absolute Gasteiger partial charge is 0.120 e. The van der Waals surface area contributed by atoms with Gasteiger partial charge in [0.2, 0.25) is 0 Å². The van der Waals surface area contributed by atoms with Gasteiger partial charge in [-0.05, 0) is 31.0 Å². The monoisotopic (exact) mass is 274 g/mol. The Hall–Kier alpha value is -0.440. The third kappa shape index (κ3) is 2.70. The summed E-state index contributed by atoms with van der Waals surface area (Å²) in [6.45, 7) is 2.84. The highest BCUT2D eigenvalue weighted by molar-refractivity contribution is 6.33. The zero-order valence-corrected chi connectivity index (χ0v) is 11.5. The van der Waals surface area contributed by atoms with Gasteiger partial charge in [-0.1, -0.05) is 17.7 Å². The highest BCUT2D eigenvalue weighted by Gasteiger charge is 2.32. The fourth-order valence-corrected chi connectivity index (χ4v) is 3.09. The molecule has 0 bridgehead atoms. The summed E-state index contributed by atoms with van der Waals surface area (Å²) >= 11 is 12.7. The number of rotatable bonds is 3. The molecule has 3 unspecified atom stereocenters. The van der Waals surface area contributed by atoms with Crippen LogP contribution in [-0.4, -0.2) is 19.8 Å². The van der Waals surface area contributed by atoms with E-state index in [2.05, 4.69) is 6.92 Å². The highest BCUT2D eigenvalue weighted by Crippen LogP contribution is 2.41. The second kappa shape index (κ2) is 5.47. The summed E-state index contributed by atoms with van der Waals surface area (Å²) in [6, 6.07) is 5.62. The Kier molecular flexibility index (Phi) is 4.18. The van der Waals surface area contributed by atoms with E-state index in [1.807, 2.05) is 12.1 Å². The standard InChI is InChI=1S/C13H16Cl2O2/c1-8-10(5-6-17-8)13(15)11-4-3-9(16-2)7-12(11)14/h3-4,7-8,10,13H,5-6H2,1-2H3. The highest BCUT2D eigenvalue weighted by atomic mass is 35.5. The maximum absolute atomic E-state index is 6.50. The van der Waals surface area contributed by atoms with Crippen LogP contribution in [0.2, 0.25) is 5.02 Å². The summed E-state index contributed by atoms with van der Waals surface area (Å²) in [6.07, 6.45) is 1.17. The summed E-state index contributed by atoms with van der Waals surface area (Å²) in [5.74, 6) is 1.07. The van der Waals surface area contributed by atoms with Crippen LogP contribution in [-0.2, 0) is 4.74 Å². The predicted molar refractivity (Wildman–Crippen MR) is 70.1 cm³/mol. The van der Waals surface area contributed by atoms with E-state index in [4.69, 9.17) is 32.7 Å². The molecule has 3 atom stereocenters. The molecule has 1 fully saturated rings. The van der Waals surface area contributed by atoms with E-state index < -0.39 is 0 Å². The Balaban J connectivity index is 2.21. The third-order valence-corrected chi connectivity index (χ3v) is 4.20. The number of alkyl halides is 1. The molecule has 1 aromatic rings. The number of benzene rings is 1. The molecule has 0 saturated carbocycles. The molecular formula is C13H16Cl2O2. The van der Waals surface area contributed by atoms with Gasteiger partial charge in [0.25, 0.3) is 0 Å². The van der Waals surface area contributed by atoms with Crippen molar-refractivity contribution in [1.29, 1.82) is 0 Å². The fraction of sp³-hybridized carbons (Fsp3) is 0.538. The molecule has 94 valence electrons. The van der Waals surface area contributed by atoms with Gasteiger partial charge in [0.15, 0.2) is 0 Å². The molecule has 0 radical (unpaired) electrons. The Bertz CT molecular complexity index is 395. The lowest BCUT2D eigenvalue weighted by Crippen LogP contribution is -2.16. The largest absolute Gasteiger partial charge is 0.497 e. The summed E-state index contributed by atoms with van der Waals surface area (Å²) in [5, 5.41) is 0.550. The van der Waals surface area contributed by atoms with Crippen LogP contribution in [0, 0.1) is 5.92 Å². The first-order valence-electron chi connectivity index (χ1n) is 5.72. The molecule has 0 spiro atoms. The quantitative estimate of drug-likeness (QED) is 0.775. The van der Waals surface area contributed by atoms with Gasteiger partial charge in [-0.15, -0.1) is 11.6 Å². The maximum atomic E-state index is 6.50. The van der Waals surface area contributed by atoms with E-state index in [1.165, 1.54) is 0 Å². The first-order chi connectivity index (χ1) is 8.13. The summed E-state index contributed by atoms with van der Waals surface area (Å²) in [4.78, 5) is 0. The van der Waals surface area contributed by atoms with E-state index in [0.717, 1.165) is 24.3 Å².